The number of ether oxygens (including phenoxy) is 1. The maximum Gasteiger partial charge on any atom is 0.126 e. The van der Waals surface area contributed by atoms with Crippen LogP contribution in [0.1, 0.15) is 19.4 Å². The Kier molecular flexibility index (Phi) is 3.40. The molecule has 3 heteroatoms. The summed E-state index contributed by atoms with van der Waals surface area (Å²) in [5.41, 5.74) is 0.325. The van der Waals surface area contributed by atoms with E-state index in [-0.39, 0.29) is 6.61 Å². The highest BCUT2D eigenvalue weighted by atomic mass is 35.5. The molecule has 0 aromatic heterocycles. The summed E-state index contributed by atoms with van der Waals surface area (Å²) in [5.74, 6) is 0.719. The zero-order chi connectivity index (χ0) is 10.8. The summed E-state index contributed by atoms with van der Waals surface area (Å²) < 4.78 is 5.63. The van der Waals surface area contributed by atoms with Gasteiger partial charge in [-0.3, -0.25) is 0 Å². The van der Waals surface area contributed by atoms with Crippen molar-refractivity contribution < 1.29 is 9.84 Å². The van der Waals surface area contributed by atoms with Gasteiger partial charge in [0.1, 0.15) is 11.4 Å². The summed E-state index contributed by atoms with van der Waals surface area (Å²) in [4.78, 5) is 0. The van der Waals surface area contributed by atoms with Crippen molar-refractivity contribution in [3.8, 4) is 5.75 Å². The second-order valence-corrected chi connectivity index (χ2v) is 4.29. The van der Waals surface area contributed by atoms with Crippen molar-refractivity contribution in [1.82, 2.24) is 0 Å². The summed E-state index contributed by atoms with van der Waals surface area (Å²) in [5, 5.41) is 9.73. The molecule has 0 unspecified atom stereocenters. The number of benzene rings is 1. The van der Waals surface area contributed by atoms with Gasteiger partial charge in [0, 0.05) is 10.6 Å². The van der Waals surface area contributed by atoms with Crippen LogP contribution in [0.3, 0.4) is 0 Å². The molecule has 1 aromatic rings. The van der Waals surface area contributed by atoms with E-state index in [9.17, 15) is 0 Å². The second kappa shape index (κ2) is 4.20. The molecule has 0 bridgehead atoms. The highest BCUT2D eigenvalue weighted by Crippen LogP contribution is 2.27. The van der Waals surface area contributed by atoms with E-state index >= 15 is 0 Å². The molecule has 78 valence electrons. The van der Waals surface area contributed by atoms with E-state index in [4.69, 9.17) is 21.4 Å². The first-order valence-corrected chi connectivity index (χ1v) is 4.89. The Labute approximate surface area is 89.5 Å². The third-order valence-corrected chi connectivity index (χ3v) is 2.39. The van der Waals surface area contributed by atoms with Gasteiger partial charge >= 0.3 is 0 Å². The van der Waals surface area contributed by atoms with Crippen LogP contribution < -0.4 is 4.74 Å². The van der Waals surface area contributed by atoms with E-state index in [0.29, 0.717) is 5.02 Å². The lowest BCUT2D eigenvalue weighted by Gasteiger charge is -2.25. The Morgan fingerprint density at radius 1 is 1.43 bits per heavy atom. The molecule has 0 amide bonds. The SMILES string of the molecule is Cc1c(Cl)cccc1OC(C)(C)CO. The predicted octanol–water partition coefficient (Wildman–Crippen LogP) is 2.80. The second-order valence-electron chi connectivity index (χ2n) is 3.88. The molecule has 0 spiro atoms. The molecule has 0 heterocycles. The van der Waals surface area contributed by atoms with Crippen LogP contribution in [0.2, 0.25) is 5.02 Å². The largest absolute Gasteiger partial charge is 0.485 e. The third kappa shape index (κ3) is 2.63. The molecule has 0 aliphatic heterocycles. The molecule has 0 fully saturated rings. The zero-order valence-corrected chi connectivity index (χ0v) is 9.43. The number of aliphatic hydroxyl groups excluding tert-OH is 1. The summed E-state index contributed by atoms with van der Waals surface area (Å²) in [6, 6.07) is 5.49. The molecule has 1 N–H and O–H groups in total. The predicted molar refractivity (Wildman–Crippen MR) is 58.0 cm³/mol. The minimum Gasteiger partial charge on any atom is -0.485 e. The van der Waals surface area contributed by atoms with Crippen LogP contribution in [0, 0.1) is 6.92 Å². The molecule has 14 heavy (non-hydrogen) atoms. The van der Waals surface area contributed by atoms with Crippen LogP contribution in [0.5, 0.6) is 5.75 Å². The van der Waals surface area contributed by atoms with Gasteiger partial charge in [-0.25, -0.2) is 0 Å². The molecule has 1 aromatic carbocycles. The number of rotatable bonds is 3. The van der Waals surface area contributed by atoms with Gasteiger partial charge < -0.3 is 9.84 Å². The Balaban J connectivity index is 2.92. The molecule has 0 saturated heterocycles. The van der Waals surface area contributed by atoms with Crippen LogP contribution in [-0.2, 0) is 0 Å². The van der Waals surface area contributed by atoms with Crippen molar-refractivity contribution in [3.05, 3.63) is 28.8 Å². The number of aliphatic hydroxyl groups is 1. The van der Waals surface area contributed by atoms with Gasteiger partial charge in [0.2, 0.25) is 0 Å². The normalized spacial score (nSPS) is 11.5. The Morgan fingerprint density at radius 3 is 2.64 bits per heavy atom. The van der Waals surface area contributed by atoms with Crippen molar-refractivity contribution in [2.45, 2.75) is 26.4 Å². The first-order valence-electron chi connectivity index (χ1n) is 4.51. The van der Waals surface area contributed by atoms with Gasteiger partial charge in [-0.05, 0) is 32.9 Å². The first kappa shape index (κ1) is 11.3. The average Bonchev–Trinajstić information content (AvgIpc) is 2.13. The fourth-order valence-corrected chi connectivity index (χ4v) is 1.19. The van der Waals surface area contributed by atoms with Gasteiger partial charge in [-0.15, -0.1) is 0 Å². The summed E-state index contributed by atoms with van der Waals surface area (Å²) >= 11 is 5.94. The molecule has 0 aliphatic rings. The number of hydrogen-bond acceptors (Lipinski definition) is 2. The molecule has 0 aliphatic carbocycles. The van der Waals surface area contributed by atoms with Crippen LogP contribution in [0.4, 0.5) is 0 Å². The van der Waals surface area contributed by atoms with E-state index in [1.54, 1.807) is 0 Å². The summed E-state index contributed by atoms with van der Waals surface area (Å²) in [7, 11) is 0. The highest BCUT2D eigenvalue weighted by Gasteiger charge is 2.19. The average molecular weight is 215 g/mol. The van der Waals surface area contributed by atoms with E-state index in [1.807, 2.05) is 39.0 Å². The summed E-state index contributed by atoms with van der Waals surface area (Å²) in [6.07, 6.45) is 0. The minimum absolute atomic E-state index is 0.0288. The van der Waals surface area contributed by atoms with Gasteiger partial charge in [0.15, 0.2) is 0 Å². The Bertz CT molecular complexity index is 321. The summed E-state index contributed by atoms with van der Waals surface area (Å²) in [6.45, 7) is 5.52. The van der Waals surface area contributed by atoms with E-state index < -0.39 is 5.60 Å². The molecule has 1 rings (SSSR count). The van der Waals surface area contributed by atoms with Gasteiger partial charge in [-0.2, -0.15) is 0 Å². The van der Waals surface area contributed by atoms with Gasteiger partial charge in [0.05, 0.1) is 6.61 Å². The maximum atomic E-state index is 9.06. The minimum atomic E-state index is -0.574. The van der Waals surface area contributed by atoms with Crippen molar-refractivity contribution in [2.24, 2.45) is 0 Å². The monoisotopic (exact) mass is 214 g/mol. The fourth-order valence-electron chi connectivity index (χ4n) is 1.03. The van der Waals surface area contributed by atoms with Crippen molar-refractivity contribution in [1.29, 1.82) is 0 Å². The van der Waals surface area contributed by atoms with Gasteiger partial charge in [-0.1, -0.05) is 17.7 Å². The van der Waals surface area contributed by atoms with E-state index in [1.165, 1.54) is 0 Å². The zero-order valence-electron chi connectivity index (χ0n) is 8.67. The molecular formula is C11H15ClO2. The quantitative estimate of drug-likeness (QED) is 0.839. The highest BCUT2D eigenvalue weighted by molar-refractivity contribution is 6.31. The van der Waals surface area contributed by atoms with Crippen LogP contribution >= 0.6 is 11.6 Å². The lowest BCUT2D eigenvalue weighted by molar-refractivity contribution is 0.0407. The molecule has 0 radical (unpaired) electrons. The lowest BCUT2D eigenvalue weighted by Crippen LogP contribution is -2.32. The van der Waals surface area contributed by atoms with Gasteiger partial charge in [0.25, 0.3) is 0 Å². The third-order valence-electron chi connectivity index (χ3n) is 1.99. The lowest BCUT2D eigenvalue weighted by atomic mass is 10.1. The van der Waals surface area contributed by atoms with Crippen LogP contribution in [0.25, 0.3) is 0 Å². The van der Waals surface area contributed by atoms with Crippen LogP contribution in [-0.4, -0.2) is 17.3 Å². The van der Waals surface area contributed by atoms with E-state index in [2.05, 4.69) is 0 Å². The number of halogens is 1. The Hall–Kier alpha value is -0.730. The fraction of sp³-hybridized carbons (Fsp3) is 0.455. The topological polar surface area (TPSA) is 29.5 Å². The van der Waals surface area contributed by atoms with Crippen molar-refractivity contribution >= 4 is 11.6 Å². The molecule has 2 nitrogen and oxygen atoms in total. The standard InChI is InChI=1S/C11H15ClO2/c1-8-9(12)5-4-6-10(8)14-11(2,3)7-13/h4-6,13H,7H2,1-3H3. The van der Waals surface area contributed by atoms with Crippen molar-refractivity contribution in [3.63, 3.8) is 0 Å². The molecular weight excluding hydrogens is 200 g/mol. The molecule has 0 atom stereocenters. The first-order chi connectivity index (χ1) is 6.46. The molecule has 0 saturated carbocycles. The number of hydrogen-bond donors (Lipinski definition) is 1. The maximum absolute atomic E-state index is 9.06. The van der Waals surface area contributed by atoms with Crippen molar-refractivity contribution in [2.75, 3.05) is 6.61 Å². The van der Waals surface area contributed by atoms with E-state index in [0.717, 1.165) is 11.3 Å². The smallest absolute Gasteiger partial charge is 0.126 e. The Morgan fingerprint density at radius 2 is 2.07 bits per heavy atom. The van der Waals surface area contributed by atoms with Crippen LogP contribution in [0.15, 0.2) is 18.2 Å².